The van der Waals surface area contributed by atoms with Crippen LogP contribution in [0.2, 0.25) is 0 Å². The Morgan fingerprint density at radius 2 is 2.14 bits per heavy atom. The molecule has 4 N–H and O–H groups in total. The van der Waals surface area contributed by atoms with Gasteiger partial charge in [0.1, 0.15) is 11.4 Å². The molecule has 0 aliphatic carbocycles. The molecule has 9 nitrogen and oxygen atoms in total. The third-order valence-corrected chi connectivity index (χ3v) is 3.31. The van der Waals surface area contributed by atoms with Crippen molar-refractivity contribution in [1.82, 2.24) is 15.1 Å². The minimum Gasteiger partial charge on any atom is -0.390 e. The van der Waals surface area contributed by atoms with Gasteiger partial charge in [0.15, 0.2) is 0 Å². The second-order valence-corrected chi connectivity index (χ2v) is 5.48. The number of nitrogens with zero attached hydrogens (tertiary/aromatic N) is 3. The van der Waals surface area contributed by atoms with Crippen LogP contribution in [-0.4, -0.2) is 43.9 Å². The third kappa shape index (κ3) is 3.99. The van der Waals surface area contributed by atoms with Crippen LogP contribution in [0.25, 0.3) is 0 Å². The Labute approximate surface area is 122 Å². The topological polar surface area (TPSA) is 136 Å². The molecule has 0 saturated heterocycles. The Morgan fingerprint density at radius 1 is 1.57 bits per heavy atom. The lowest BCUT2D eigenvalue weighted by atomic mass is 10.1. The molecule has 0 aliphatic heterocycles. The molecule has 1 atom stereocenters. The smallest absolute Gasteiger partial charge is 0.312 e. The number of hydrogen-bond donors (Lipinski definition) is 3. The maximum Gasteiger partial charge on any atom is 0.312 e. The van der Waals surface area contributed by atoms with Gasteiger partial charge in [0.2, 0.25) is 5.91 Å². The van der Waals surface area contributed by atoms with Crippen molar-refractivity contribution in [1.29, 1.82) is 0 Å². The van der Waals surface area contributed by atoms with E-state index in [1.807, 2.05) is 0 Å². The van der Waals surface area contributed by atoms with Crippen molar-refractivity contribution in [3.8, 4) is 0 Å². The average Bonchev–Trinajstić information content (AvgIpc) is 2.61. The highest BCUT2D eigenvalue weighted by atomic mass is 16.6. The Bertz CT molecular complexity index is 552. The molecule has 0 spiro atoms. The van der Waals surface area contributed by atoms with Gasteiger partial charge in [-0.25, -0.2) is 0 Å². The van der Waals surface area contributed by atoms with Gasteiger partial charge < -0.3 is 16.2 Å². The molecule has 1 unspecified atom stereocenters. The highest BCUT2D eigenvalue weighted by molar-refractivity contribution is 5.83. The first-order valence-corrected chi connectivity index (χ1v) is 6.47. The van der Waals surface area contributed by atoms with Crippen LogP contribution < -0.4 is 11.1 Å². The number of aliphatic hydroxyl groups excluding tert-OH is 1. The normalized spacial score (nSPS) is 13.2. The van der Waals surface area contributed by atoms with Crippen LogP contribution in [-0.2, 0) is 11.3 Å². The monoisotopic (exact) mass is 299 g/mol. The highest BCUT2D eigenvalue weighted by Crippen LogP contribution is 2.21. The summed E-state index contributed by atoms with van der Waals surface area (Å²) in [6, 6.07) is 0. The lowest BCUT2D eigenvalue weighted by Gasteiger charge is -2.24. The molecule has 21 heavy (non-hydrogen) atoms. The van der Waals surface area contributed by atoms with Crippen molar-refractivity contribution in [3.63, 3.8) is 0 Å². The summed E-state index contributed by atoms with van der Waals surface area (Å²) < 4.78 is 1.39. The van der Waals surface area contributed by atoms with Gasteiger partial charge >= 0.3 is 5.69 Å². The van der Waals surface area contributed by atoms with E-state index >= 15 is 0 Å². The van der Waals surface area contributed by atoms with E-state index in [1.165, 1.54) is 4.68 Å². The van der Waals surface area contributed by atoms with Crippen LogP contribution in [0.15, 0.2) is 0 Å². The first kappa shape index (κ1) is 17.1. The van der Waals surface area contributed by atoms with Gasteiger partial charge in [-0.3, -0.25) is 19.6 Å². The van der Waals surface area contributed by atoms with Crippen LogP contribution in [0.4, 0.5) is 5.69 Å². The molecule has 0 aliphatic rings. The Morgan fingerprint density at radius 3 is 2.57 bits per heavy atom. The number of carbonyl (C=O) groups excluding carboxylic acids is 1. The summed E-state index contributed by atoms with van der Waals surface area (Å²) in [5, 5.41) is 27.8. The first-order chi connectivity index (χ1) is 9.56. The van der Waals surface area contributed by atoms with Crippen molar-refractivity contribution in [3.05, 3.63) is 21.5 Å². The van der Waals surface area contributed by atoms with Crippen molar-refractivity contribution < 1.29 is 14.8 Å². The third-order valence-electron chi connectivity index (χ3n) is 3.31. The van der Waals surface area contributed by atoms with E-state index in [2.05, 4.69) is 10.4 Å². The van der Waals surface area contributed by atoms with Crippen LogP contribution in [0.3, 0.4) is 0 Å². The Balaban J connectivity index is 2.72. The van der Waals surface area contributed by atoms with E-state index in [-0.39, 0.29) is 18.8 Å². The number of aliphatic hydroxyl groups is 1. The van der Waals surface area contributed by atoms with Crippen LogP contribution in [0, 0.1) is 24.0 Å². The molecule has 1 rings (SSSR count). The fourth-order valence-corrected chi connectivity index (χ4v) is 1.85. The zero-order valence-corrected chi connectivity index (χ0v) is 12.6. The van der Waals surface area contributed by atoms with Crippen molar-refractivity contribution in [2.24, 2.45) is 5.73 Å². The molecule has 0 bridgehead atoms. The van der Waals surface area contributed by atoms with E-state index in [0.717, 1.165) is 0 Å². The molecule has 0 saturated carbocycles. The van der Waals surface area contributed by atoms with E-state index in [9.17, 15) is 20.0 Å². The van der Waals surface area contributed by atoms with Gasteiger partial charge in [-0.15, -0.1) is 0 Å². The molecule has 0 fully saturated rings. The SMILES string of the molecule is Cc1nn(CC(O)CNC(C)(C)C(N)=O)c(C)c1[N+](=O)[O-]. The summed E-state index contributed by atoms with van der Waals surface area (Å²) in [5.41, 5.74) is 4.90. The Hall–Kier alpha value is -2.00. The number of nitrogens with two attached hydrogens (primary N) is 1. The second kappa shape index (κ2) is 6.19. The maximum atomic E-state index is 11.2. The van der Waals surface area contributed by atoms with E-state index in [1.54, 1.807) is 27.7 Å². The fourth-order valence-electron chi connectivity index (χ4n) is 1.85. The molecule has 0 aromatic carbocycles. The predicted molar refractivity (Wildman–Crippen MR) is 75.6 cm³/mol. The summed E-state index contributed by atoms with van der Waals surface area (Å²) >= 11 is 0. The Kier molecular flexibility index (Phi) is 5.02. The predicted octanol–water partition coefficient (Wildman–Crippen LogP) is -0.377. The van der Waals surface area contributed by atoms with Crippen molar-refractivity contribution in [2.75, 3.05) is 6.54 Å². The van der Waals surface area contributed by atoms with Gasteiger partial charge in [0, 0.05) is 6.54 Å². The van der Waals surface area contributed by atoms with Crippen LogP contribution in [0.5, 0.6) is 0 Å². The molecule has 1 aromatic rings. The quantitative estimate of drug-likeness (QED) is 0.464. The van der Waals surface area contributed by atoms with Gasteiger partial charge in [-0.2, -0.15) is 5.10 Å². The maximum absolute atomic E-state index is 11.2. The number of primary amides is 1. The number of rotatable bonds is 7. The molecule has 1 heterocycles. The summed E-state index contributed by atoms with van der Waals surface area (Å²) in [5.74, 6) is -0.531. The lowest BCUT2D eigenvalue weighted by Crippen LogP contribution is -2.53. The zero-order valence-electron chi connectivity index (χ0n) is 12.6. The van der Waals surface area contributed by atoms with Crippen molar-refractivity contribution in [2.45, 2.75) is 45.9 Å². The summed E-state index contributed by atoms with van der Waals surface area (Å²) in [6.45, 7) is 6.53. The van der Waals surface area contributed by atoms with E-state index < -0.39 is 22.5 Å². The van der Waals surface area contributed by atoms with Gasteiger partial charge in [0.25, 0.3) is 0 Å². The number of hydrogen-bond acceptors (Lipinski definition) is 6. The number of β-amino-alcohol motifs (C(OH)–C–C–N with tert-alkyl or cyclic N) is 1. The number of carbonyl (C=O) groups is 1. The molecular weight excluding hydrogens is 278 g/mol. The number of aromatic nitrogens is 2. The summed E-state index contributed by atoms with van der Waals surface area (Å²) in [4.78, 5) is 21.6. The van der Waals surface area contributed by atoms with Gasteiger partial charge in [0.05, 0.1) is 23.1 Å². The molecule has 9 heteroatoms. The summed E-state index contributed by atoms with van der Waals surface area (Å²) in [7, 11) is 0. The molecule has 118 valence electrons. The summed E-state index contributed by atoms with van der Waals surface area (Å²) in [6.07, 6.45) is -0.860. The van der Waals surface area contributed by atoms with Gasteiger partial charge in [-0.1, -0.05) is 0 Å². The standard InChI is InChI=1S/C12H21N5O4/c1-7-10(17(20)21)8(2)16(15-7)6-9(18)5-14-12(3,4)11(13)19/h9,14,18H,5-6H2,1-4H3,(H2,13,19). The second-order valence-electron chi connectivity index (χ2n) is 5.48. The number of nitro groups is 1. The number of nitrogens with one attached hydrogen (secondary N) is 1. The molecular formula is C12H21N5O4. The molecule has 1 aromatic heterocycles. The lowest BCUT2D eigenvalue weighted by molar-refractivity contribution is -0.386. The largest absolute Gasteiger partial charge is 0.390 e. The van der Waals surface area contributed by atoms with Crippen molar-refractivity contribution >= 4 is 11.6 Å². The molecule has 0 radical (unpaired) electrons. The highest BCUT2D eigenvalue weighted by Gasteiger charge is 2.26. The van der Waals surface area contributed by atoms with Gasteiger partial charge in [-0.05, 0) is 27.7 Å². The minimum atomic E-state index is -0.942. The van der Waals surface area contributed by atoms with Crippen LogP contribution in [0.1, 0.15) is 25.2 Å². The zero-order chi connectivity index (χ0) is 16.4. The van der Waals surface area contributed by atoms with Crippen LogP contribution >= 0.6 is 0 Å². The first-order valence-electron chi connectivity index (χ1n) is 6.47. The fraction of sp³-hybridized carbons (Fsp3) is 0.667. The van der Waals surface area contributed by atoms with E-state index in [4.69, 9.17) is 5.73 Å². The number of aryl methyl sites for hydroxylation is 1. The molecule has 1 amide bonds. The average molecular weight is 299 g/mol. The van der Waals surface area contributed by atoms with E-state index in [0.29, 0.717) is 11.4 Å². The minimum absolute atomic E-state index is 0.0485. The number of amides is 1.